The molecule has 5 aliphatic rings. The lowest BCUT2D eigenvalue weighted by Gasteiger charge is -2.60. The number of anilines is 1. The molecular formula is C27H31ClN2O4S. The van der Waals surface area contributed by atoms with Gasteiger partial charge in [0.15, 0.2) is 0 Å². The first-order chi connectivity index (χ1) is 16.7. The number of hydrogen-bond acceptors (Lipinski definition) is 4. The molecule has 0 radical (unpaired) electrons. The summed E-state index contributed by atoms with van der Waals surface area (Å²) in [5.41, 5.74) is 2.66. The molecule has 0 aromatic heterocycles. The first kappa shape index (κ1) is 23.5. The number of sulfonamides is 1. The number of benzene rings is 2. The summed E-state index contributed by atoms with van der Waals surface area (Å²) in [6.45, 7) is 1.48. The van der Waals surface area contributed by atoms with E-state index in [0.717, 1.165) is 36.8 Å². The minimum atomic E-state index is -3.58. The summed E-state index contributed by atoms with van der Waals surface area (Å²) in [4.78, 5) is 13.0. The number of halogens is 1. The van der Waals surface area contributed by atoms with Gasteiger partial charge in [-0.25, -0.2) is 8.42 Å². The van der Waals surface area contributed by atoms with Crippen molar-refractivity contribution in [3.63, 3.8) is 0 Å². The SMILES string of the molecule is O=C(Nc1ccc(C23C[C@H]4C[C@@H](CC(Cl)(C4)C2)C3)cc1)c1ccc(S(=O)(=O)N2CCOCC2)cc1. The monoisotopic (exact) mass is 514 g/mol. The minimum absolute atomic E-state index is 0.0294. The lowest BCUT2D eigenvalue weighted by Crippen LogP contribution is -2.55. The highest BCUT2D eigenvalue weighted by molar-refractivity contribution is 7.89. The van der Waals surface area contributed by atoms with E-state index in [1.165, 1.54) is 41.3 Å². The number of ether oxygens (including phenoxy) is 1. The van der Waals surface area contributed by atoms with Crippen LogP contribution < -0.4 is 5.32 Å². The van der Waals surface area contributed by atoms with Crippen LogP contribution in [0.15, 0.2) is 53.4 Å². The van der Waals surface area contributed by atoms with Crippen molar-refractivity contribution in [1.82, 2.24) is 4.31 Å². The number of morpholine rings is 1. The quantitative estimate of drug-likeness (QED) is 0.582. The van der Waals surface area contributed by atoms with Crippen molar-refractivity contribution in [1.29, 1.82) is 0 Å². The van der Waals surface area contributed by atoms with Gasteiger partial charge in [0, 0.05) is 29.2 Å². The lowest BCUT2D eigenvalue weighted by atomic mass is 9.47. The summed E-state index contributed by atoms with van der Waals surface area (Å²) >= 11 is 7.02. The Morgan fingerprint density at radius 3 is 2.17 bits per heavy atom. The second kappa shape index (κ2) is 8.58. The zero-order valence-corrected chi connectivity index (χ0v) is 21.3. The van der Waals surface area contributed by atoms with Crippen LogP contribution in [0.4, 0.5) is 5.69 Å². The summed E-state index contributed by atoms with van der Waals surface area (Å²) in [6.07, 6.45) is 7.16. The molecule has 2 aromatic carbocycles. The molecule has 2 aromatic rings. The Bertz CT molecular complexity index is 1210. The second-order valence-electron chi connectivity index (χ2n) is 11.0. The highest BCUT2D eigenvalue weighted by Crippen LogP contribution is 2.64. The maximum atomic E-state index is 12.8. The summed E-state index contributed by atoms with van der Waals surface area (Å²) < 4.78 is 32.3. The van der Waals surface area contributed by atoms with Gasteiger partial charge in [-0.15, -0.1) is 11.6 Å². The number of amides is 1. The van der Waals surface area contributed by atoms with E-state index in [9.17, 15) is 13.2 Å². The summed E-state index contributed by atoms with van der Waals surface area (Å²) in [5, 5.41) is 2.95. The maximum absolute atomic E-state index is 12.8. The zero-order chi connectivity index (χ0) is 24.3. The second-order valence-corrected chi connectivity index (χ2v) is 13.7. The molecule has 1 amide bonds. The van der Waals surface area contributed by atoms with E-state index >= 15 is 0 Å². The molecule has 35 heavy (non-hydrogen) atoms. The van der Waals surface area contributed by atoms with Gasteiger partial charge in [-0.2, -0.15) is 4.31 Å². The summed E-state index contributed by atoms with van der Waals surface area (Å²) in [5.74, 6) is 1.22. The highest BCUT2D eigenvalue weighted by Gasteiger charge is 2.57. The van der Waals surface area contributed by atoms with Crippen molar-refractivity contribution in [2.24, 2.45) is 11.8 Å². The molecule has 1 heterocycles. The van der Waals surface area contributed by atoms with Gasteiger partial charge in [0.25, 0.3) is 5.91 Å². The van der Waals surface area contributed by atoms with Gasteiger partial charge in [-0.1, -0.05) is 12.1 Å². The molecule has 0 unspecified atom stereocenters. The predicted octanol–water partition coefficient (Wildman–Crippen LogP) is 4.79. The third-order valence-corrected chi connectivity index (χ3v) is 10.8. The van der Waals surface area contributed by atoms with Crippen LogP contribution in [0.25, 0.3) is 0 Å². The van der Waals surface area contributed by atoms with Crippen LogP contribution in [0.1, 0.15) is 54.4 Å². The fourth-order valence-electron chi connectivity index (χ4n) is 7.31. The molecule has 2 atom stereocenters. The van der Waals surface area contributed by atoms with Gasteiger partial charge >= 0.3 is 0 Å². The van der Waals surface area contributed by atoms with Crippen molar-refractivity contribution in [2.45, 2.75) is 53.7 Å². The van der Waals surface area contributed by atoms with Gasteiger partial charge < -0.3 is 10.1 Å². The van der Waals surface area contributed by atoms with Crippen LogP contribution in [0, 0.1) is 11.8 Å². The number of carbonyl (C=O) groups excluding carboxylic acids is 1. The Kier molecular flexibility index (Phi) is 5.75. The van der Waals surface area contributed by atoms with Crippen molar-refractivity contribution < 1.29 is 17.9 Å². The standard InChI is InChI=1S/C27H31ClN2O4S/c28-27-16-19-13-20(17-27)15-26(14-19,18-27)22-3-5-23(6-4-22)29-25(31)21-1-7-24(8-2-21)35(32,33)30-9-11-34-12-10-30/h1-8,19-20H,9-18H2,(H,29,31)/t19-,20-,26?,27?/m1/s1. The van der Waals surface area contributed by atoms with Crippen molar-refractivity contribution in [3.05, 3.63) is 59.7 Å². The molecule has 1 saturated heterocycles. The van der Waals surface area contributed by atoms with E-state index in [2.05, 4.69) is 17.4 Å². The zero-order valence-electron chi connectivity index (χ0n) is 19.7. The molecular weight excluding hydrogens is 484 g/mol. The Balaban J connectivity index is 1.14. The molecule has 1 N–H and O–H groups in total. The average Bonchev–Trinajstić information content (AvgIpc) is 2.83. The van der Waals surface area contributed by atoms with E-state index in [0.29, 0.717) is 31.9 Å². The predicted molar refractivity (Wildman–Crippen MR) is 135 cm³/mol. The Labute approximate surface area is 212 Å². The van der Waals surface area contributed by atoms with Crippen LogP contribution in [-0.2, 0) is 20.2 Å². The number of hydrogen-bond donors (Lipinski definition) is 1. The van der Waals surface area contributed by atoms with Gasteiger partial charge in [-0.3, -0.25) is 4.79 Å². The first-order valence-electron chi connectivity index (χ1n) is 12.5. The number of carbonyl (C=O) groups is 1. The fraction of sp³-hybridized carbons (Fsp3) is 0.519. The van der Waals surface area contributed by atoms with E-state index in [1.807, 2.05) is 12.1 Å². The molecule has 6 nitrogen and oxygen atoms in total. The van der Waals surface area contributed by atoms with Gasteiger partial charge in [-0.05, 0) is 97.7 Å². The summed E-state index contributed by atoms with van der Waals surface area (Å²) in [7, 11) is -3.58. The Hall–Kier alpha value is -1.93. The number of rotatable bonds is 5. The van der Waals surface area contributed by atoms with Crippen LogP contribution in [-0.4, -0.2) is 49.8 Å². The fourth-order valence-corrected chi connectivity index (χ4v) is 9.41. The molecule has 5 fully saturated rings. The van der Waals surface area contributed by atoms with Gasteiger partial charge in [0.05, 0.1) is 18.1 Å². The van der Waals surface area contributed by atoms with Crippen LogP contribution >= 0.6 is 11.6 Å². The largest absolute Gasteiger partial charge is 0.379 e. The molecule has 186 valence electrons. The molecule has 1 aliphatic heterocycles. The molecule has 7 rings (SSSR count). The third-order valence-electron chi connectivity index (χ3n) is 8.47. The van der Waals surface area contributed by atoms with Gasteiger partial charge in [0.1, 0.15) is 0 Å². The number of nitrogens with zero attached hydrogens (tertiary/aromatic N) is 1. The molecule has 8 heteroatoms. The first-order valence-corrected chi connectivity index (χ1v) is 14.4. The third kappa shape index (κ3) is 4.31. The van der Waals surface area contributed by atoms with Crippen molar-refractivity contribution in [2.75, 3.05) is 31.6 Å². The van der Waals surface area contributed by atoms with Crippen molar-refractivity contribution >= 4 is 33.2 Å². The summed E-state index contributed by atoms with van der Waals surface area (Å²) in [6, 6.07) is 14.4. The molecule has 4 saturated carbocycles. The van der Waals surface area contributed by atoms with Crippen LogP contribution in [0.5, 0.6) is 0 Å². The van der Waals surface area contributed by atoms with Crippen LogP contribution in [0.3, 0.4) is 0 Å². The smallest absolute Gasteiger partial charge is 0.255 e. The topological polar surface area (TPSA) is 75.7 Å². The molecule has 4 bridgehead atoms. The van der Waals surface area contributed by atoms with Gasteiger partial charge in [0.2, 0.25) is 10.0 Å². The van der Waals surface area contributed by atoms with Crippen LogP contribution in [0.2, 0.25) is 0 Å². The minimum Gasteiger partial charge on any atom is -0.379 e. The van der Waals surface area contributed by atoms with E-state index < -0.39 is 10.0 Å². The van der Waals surface area contributed by atoms with E-state index in [4.69, 9.17) is 16.3 Å². The van der Waals surface area contributed by atoms with E-state index in [-0.39, 0.29) is 21.1 Å². The Morgan fingerprint density at radius 1 is 0.943 bits per heavy atom. The average molecular weight is 515 g/mol. The number of nitrogens with one attached hydrogen (secondary N) is 1. The number of alkyl halides is 1. The Morgan fingerprint density at radius 2 is 1.57 bits per heavy atom. The lowest BCUT2D eigenvalue weighted by molar-refractivity contribution is 0.00900. The van der Waals surface area contributed by atoms with Crippen molar-refractivity contribution in [3.8, 4) is 0 Å². The molecule has 0 spiro atoms. The molecule has 4 aliphatic carbocycles. The normalized spacial score (nSPS) is 32.5. The van der Waals surface area contributed by atoms with E-state index in [1.54, 1.807) is 12.1 Å². The maximum Gasteiger partial charge on any atom is 0.255 e. The highest BCUT2D eigenvalue weighted by atomic mass is 35.5.